The normalized spacial score (nSPS) is 22.9. The first-order valence-electron chi connectivity index (χ1n) is 7.75. The van der Waals surface area contributed by atoms with Crippen molar-refractivity contribution in [1.82, 2.24) is 10.6 Å². The van der Waals surface area contributed by atoms with Gasteiger partial charge in [0.05, 0.1) is 5.37 Å². The molecule has 11 heteroatoms. The van der Waals surface area contributed by atoms with Crippen molar-refractivity contribution in [2.75, 3.05) is 0 Å². The first kappa shape index (κ1) is 23.7. The Morgan fingerprint density at radius 3 is 2.26 bits per heavy atom. The number of rotatable bonds is 6. The van der Waals surface area contributed by atoms with Crippen molar-refractivity contribution in [3.05, 3.63) is 29.8 Å². The number of benzene rings is 1. The molecule has 9 nitrogen and oxygen atoms in total. The second-order valence-electron chi connectivity index (χ2n) is 6.45. The fourth-order valence-corrected chi connectivity index (χ4v) is 4.15. The molecule has 1 heterocycles. The predicted molar refractivity (Wildman–Crippen MR) is 92.4 cm³/mol. The topological polar surface area (TPSA) is 165 Å². The molecule has 0 radical (unpaired) electrons. The maximum atomic E-state index is 12.3. The van der Waals surface area contributed by atoms with Crippen LogP contribution in [0.3, 0.4) is 0 Å². The summed E-state index contributed by atoms with van der Waals surface area (Å²) < 4.78 is -0.763. The van der Waals surface area contributed by atoms with Crippen LogP contribution >= 0.6 is 11.8 Å². The van der Waals surface area contributed by atoms with E-state index >= 15 is 0 Å². The van der Waals surface area contributed by atoms with E-state index < -0.39 is 46.1 Å². The quantitative estimate of drug-likeness (QED) is 0.299. The van der Waals surface area contributed by atoms with Crippen molar-refractivity contribution in [3.63, 3.8) is 0 Å². The van der Waals surface area contributed by atoms with Crippen molar-refractivity contribution < 1.29 is 59.3 Å². The zero-order chi connectivity index (χ0) is 19.6. The molecule has 1 amide bonds. The van der Waals surface area contributed by atoms with Gasteiger partial charge in [-0.15, -0.1) is 17.5 Å². The molecule has 6 N–H and O–H groups in total. The van der Waals surface area contributed by atoms with Gasteiger partial charge in [-0.2, -0.15) is 0 Å². The molecule has 1 aromatic carbocycles. The second kappa shape index (κ2) is 9.26. The SMILES string of the molecule is CC1(C)SC(C(NC(=O)[C@H](N)c2ccc([O-])cc2)C(=O)O)N[C@H]1C(=O)O.[Na+]. The number of carboxylic acid groups (broad SMARTS) is 2. The summed E-state index contributed by atoms with van der Waals surface area (Å²) in [6, 6.07) is 1.81. The Morgan fingerprint density at radius 1 is 1.26 bits per heavy atom. The fourth-order valence-electron chi connectivity index (χ4n) is 2.66. The summed E-state index contributed by atoms with van der Waals surface area (Å²) in [6.07, 6.45) is 0. The van der Waals surface area contributed by atoms with E-state index in [2.05, 4.69) is 10.6 Å². The summed E-state index contributed by atoms with van der Waals surface area (Å²) in [4.78, 5) is 35.3. The van der Waals surface area contributed by atoms with Gasteiger partial charge in [0.2, 0.25) is 5.91 Å². The van der Waals surface area contributed by atoms with Crippen LogP contribution in [-0.2, 0) is 14.4 Å². The molecule has 0 aromatic heterocycles. The average molecular weight is 405 g/mol. The van der Waals surface area contributed by atoms with Gasteiger partial charge < -0.3 is 26.4 Å². The van der Waals surface area contributed by atoms with Gasteiger partial charge in [0.1, 0.15) is 12.1 Å². The third-order valence-corrected chi connectivity index (χ3v) is 5.60. The van der Waals surface area contributed by atoms with Gasteiger partial charge in [-0.3, -0.25) is 14.9 Å². The van der Waals surface area contributed by atoms with Crippen LogP contribution in [-0.4, -0.2) is 50.3 Å². The molecule has 2 rings (SSSR count). The molecule has 1 aromatic rings. The fraction of sp³-hybridized carbons (Fsp3) is 0.438. The molecule has 0 saturated carbocycles. The number of carbonyl (C=O) groups excluding carboxylic acids is 1. The van der Waals surface area contributed by atoms with Crippen LogP contribution in [0.4, 0.5) is 0 Å². The third-order valence-electron chi connectivity index (χ3n) is 4.09. The van der Waals surface area contributed by atoms with E-state index in [1.165, 1.54) is 24.3 Å². The van der Waals surface area contributed by atoms with E-state index in [-0.39, 0.29) is 35.3 Å². The largest absolute Gasteiger partial charge is 1.00 e. The minimum atomic E-state index is -1.37. The number of nitrogens with one attached hydrogen (secondary N) is 2. The van der Waals surface area contributed by atoms with Gasteiger partial charge in [0.15, 0.2) is 6.04 Å². The number of carboxylic acids is 2. The van der Waals surface area contributed by atoms with Crippen molar-refractivity contribution in [1.29, 1.82) is 0 Å². The van der Waals surface area contributed by atoms with Gasteiger partial charge >= 0.3 is 41.5 Å². The summed E-state index contributed by atoms with van der Waals surface area (Å²) >= 11 is 1.12. The first-order chi connectivity index (χ1) is 12.0. The average Bonchev–Trinajstić information content (AvgIpc) is 2.87. The van der Waals surface area contributed by atoms with Crippen molar-refractivity contribution in [3.8, 4) is 5.75 Å². The summed E-state index contributed by atoms with van der Waals surface area (Å²) in [6.45, 7) is 3.36. The molecule has 0 spiro atoms. The maximum Gasteiger partial charge on any atom is 1.00 e. The van der Waals surface area contributed by atoms with Crippen LogP contribution in [0.2, 0.25) is 0 Å². The second-order valence-corrected chi connectivity index (χ2v) is 8.25. The molecule has 27 heavy (non-hydrogen) atoms. The van der Waals surface area contributed by atoms with Gasteiger partial charge in [0, 0.05) is 4.75 Å². The minimum Gasteiger partial charge on any atom is -0.872 e. The molecule has 0 aliphatic carbocycles. The van der Waals surface area contributed by atoms with E-state index in [9.17, 15) is 29.7 Å². The van der Waals surface area contributed by atoms with Crippen LogP contribution in [0.15, 0.2) is 24.3 Å². The Morgan fingerprint density at radius 2 is 1.81 bits per heavy atom. The van der Waals surface area contributed by atoms with Crippen LogP contribution in [0.1, 0.15) is 25.5 Å². The molecule has 1 aliphatic rings. The number of nitrogens with two attached hydrogens (primary N) is 1. The number of carbonyl (C=O) groups is 3. The molecular weight excluding hydrogens is 385 g/mol. The minimum absolute atomic E-state index is 0. The third kappa shape index (κ3) is 5.59. The van der Waals surface area contributed by atoms with Crippen LogP contribution < -0.4 is 51.0 Å². The number of thioether (sulfide) groups is 1. The standard InChI is InChI=1S/C16H21N3O6S.Na/c1-16(2)11(15(24)25)19-13(26-16)10(14(22)23)18-12(21)9(17)7-3-5-8(20)6-4-7;/h3-6,9-11,13,19-20H,17H2,1-2H3,(H,18,21)(H,22,23)(H,24,25);/q;+1/p-1/t9-,10?,11+,13?;/m1./s1. The van der Waals surface area contributed by atoms with E-state index in [1.54, 1.807) is 13.8 Å². The maximum absolute atomic E-state index is 12.3. The van der Waals surface area contributed by atoms with Gasteiger partial charge in [-0.25, -0.2) is 4.79 Å². The zero-order valence-corrected chi connectivity index (χ0v) is 17.9. The molecule has 4 atom stereocenters. The monoisotopic (exact) mass is 405 g/mol. The van der Waals surface area contributed by atoms with E-state index in [0.717, 1.165) is 11.8 Å². The Hall–Kier alpha value is -1.30. The molecule has 1 fully saturated rings. The van der Waals surface area contributed by atoms with Crippen LogP contribution in [0, 0.1) is 0 Å². The Balaban J connectivity index is 0.00000364. The molecule has 1 aliphatic heterocycles. The van der Waals surface area contributed by atoms with Gasteiger partial charge in [-0.05, 0) is 19.4 Å². The van der Waals surface area contributed by atoms with Crippen molar-refractivity contribution >= 4 is 29.6 Å². The predicted octanol–water partition coefficient (Wildman–Crippen LogP) is -3.77. The van der Waals surface area contributed by atoms with Gasteiger partial charge in [0.25, 0.3) is 0 Å². The Labute approximate surface area is 182 Å². The number of aliphatic carboxylic acids is 2. The first-order valence-corrected chi connectivity index (χ1v) is 8.63. The summed E-state index contributed by atoms with van der Waals surface area (Å²) in [5.41, 5.74) is 6.20. The van der Waals surface area contributed by atoms with Gasteiger partial charge in [-0.1, -0.05) is 24.3 Å². The Bertz CT molecular complexity index is 715. The molecule has 142 valence electrons. The van der Waals surface area contributed by atoms with Crippen LogP contribution in [0.25, 0.3) is 0 Å². The number of amides is 1. The Kier molecular flexibility index (Phi) is 8.14. The van der Waals surface area contributed by atoms with E-state index in [4.69, 9.17) is 5.73 Å². The number of hydrogen-bond donors (Lipinski definition) is 5. The van der Waals surface area contributed by atoms with Crippen LogP contribution in [0.5, 0.6) is 5.75 Å². The smallest absolute Gasteiger partial charge is 0.872 e. The molecule has 0 bridgehead atoms. The summed E-state index contributed by atoms with van der Waals surface area (Å²) in [5, 5.41) is 34.1. The number of hydrogen-bond acceptors (Lipinski definition) is 7. The van der Waals surface area contributed by atoms with E-state index in [0.29, 0.717) is 5.56 Å². The molecular formula is C16H20N3NaO6S. The van der Waals surface area contributed by atoms with E-state index in [1.807, 2.05) is 0 Å². The zero-order valence-electron chi connectivity index (χ0n) is 15.1. The summed E-state index contributed by atoms with van der Waals surface area (Å²) in [7, 11) is 0. The summed E-state index contributed by atoms with van der Waals surface area (Å²) in [5.74, 6) is -3.39. The molecule has 2 unspecified atom stereocenters. The van der Waals surface area contributed by atoms with Crippen molar-refractivity contribution in [2.24, 2.45) is 5.73 Å². The van der Waals surface area contributed by atoms with Crippen molar-refractivity contribution in [2.45, 2.75) is 42.1 Å². The molecule has 1 saturated heterocycles.